The highest BCUT2D eigenvalue weighted by atomic mass is 16.4. The number of rotatable bonds is 3. The second-order valence-electron chi connectivity index (χ2n) is 1.64. The number of carboxylic acids is 1. The van der Waals surface area contributed by atoms with Gasteiger partial charge in [0.15, 0.2) is 0 Å². The molecule has 0 aliphatic heterocycles. The first-order valence-corrected chi connectivity index (χ1v) is 2.54. The Hall–Kier alpha value is -1.08. The number of carbonyl (C=O) groups is 1. The van der Waals surface area contributed by atoms with E-state index in [0.717, 1.165) is 0 Å². The Labute approximate surface area is 52.9 Å². The van der Waals surface area contributed by atoms with Crippen LogP contribution in [-0.4, -0.2) is 17.1 Å². The van der Waals surface area contributed by atoms with E-state index in [1.807, 2.05) is 6.07 Å². The summed E-state index contributed by atoms with van der Waals surface area (Å²) in [7, 11) is 0. The van der Waals surface area contributed by atoms with Crippen LogP contribution in [0.1, 0.15) is 12.8 Å². The van der Waals surface area contributed by atoms with Crippen LogP contribution in [0.2, 0.25) is 0 Å². The Morgan fingerprint density at radius 2 is 2.44 bits per heavy atom. The highest BCUT2D eigenvalue weighted by molar-refractivity contribution is 5.72. The van der Waals surface area contributed by atoms with Crippen LogP contribution in [-0.2, 0) is 4.79 Å². The number of hydrogen-bond acceptors (Lipinski definition) is 3. The van der Waals surface area contributed by atoms with E-state index in [0.29, 0.717) is 0 Å². The molecule has 0 bridgehead atoms. The number of nitrogens with two attached hydrogens (primary N) is 1. The summed E-state index contributed by atoms with van der Waals surface area (Å²) < 4.78 is 0. The zero-order valence-corrected chi connectivity index (χ0v) is 4.87. The molecule has 0 rings (SSSR count). The van der Waals surface area contributed by atoms with Gasteiger partial charge in [0, 0.05) is 6.42 Å². The molecule has 0 amide bonds. The molecular formula is C5H8N2O2. The standard InChI is InChI=1S/C5H8N2O2/c6-3-1-2-4(7)5(8)9/h4H,1-2,7H2,(H,8,9)/t4-/m0/s1. The van der Waals surface area contributed by atoms with Crippen LogP contribution in [0.15, 0.2) is 0 Å². The molecule has 4 nitrogen and oxygen atoms in total. The van der Waals surface area contributed by atoms with Crippen LogP contribution in [0, 0.1) is 11.3 Å². The summed E-state index contributed by atoms with van der Waals surface area (Å²) in [6.07, 6.45) is 0.430. The highest BCUT2D eigenvalue weighted by Gasteiger charge is 2.09. The summed E-state index contributed by atoms with van der Waals surface area (Å²) in [6.45, 7) is 0. The van der Waals surface area contributed by atoms with E-state index in [9.17, 15) is 4.79 Å². The SMILES string of the molecule is N#CCC[C@H](N)C(=O)O. The lowest BCUT2D eigenvalue weighted by Gasteiger charge is -1.99. The van der Waals surface area contributed by atoms with Crippen LogP contribution in [0.25, 0.3) is 0 Å². The molecule has 0 aromatic rings. The van der Waals surface area contributed by atoms with Crippen LogP contribution in [0.3, 0.4) is 0 Å². The molecule has 50 valence electrons. The van der Waals surface area contributed by atoms with Gasteiger partial charge in [-0.25, -0.2) is 0 Å². The van der Waals surface area contributed by atoms with Crippen molar-refractivity contribution in [1.29, 1.82) is 5.26 Å². The molecule has 0 fully saturated rings. The van der Waals surface area contributed by atoms with Gasteiger partial charge in [-0.15, -0.1) is 0 Å². The minimum atomic E-state index is -1.05. The first-order valence-electron chi connectivity index (χ1n) is 2.54. The summed E-state index contributed by atoms with van der Waals surface area (Å²) in [4.78, 5) is 9.97. The lowest BCUT2D eigenvalue weighted by atomic mass is 10.2. The van der Waals surface area contributed by atoms with Gasteiger partial charge >= 0.3 is 5.97 Å². The molecule has 1 atom stereocenters. The van der Waals surface area contributed by atoms with Crippen molar-refractivity contribution in [3.8, 4) is 6.07 Å². The maximum atomic E-state index is 9.97. The fraction of sp³-hybridized carbons (Fsp3) is 0.600. The van der Waals surface area contributed by atoms with Crippen LogP contribution in [0.4, 0.5) is 0 Å². The minimum absolute atomic E-state index is 0.202. The lowest BCUT2D eigenvalue weighted by Crippen LogP contribution is -2.29. The van der Waals surface area contributed by atoms with Crippen LogP contribution >= 0.6 is 0 Å². The monoisotopic (exact) mass is 128 g/mol. The summed E-state index contributed by atoms with van der Waals surface area (Å²) in [5, 5.41) is 16.2. The van der Waals surface area contributed by atoms with E-state index < -0.39 is 12.0 Å². The largest absolute Gasteiger partial charge is 0.480 e. The van der Waals surface area contributed by atoms with Crippen molar-refractivity contribution in [1.82, 2.24) is 0 Å². The zero-order chi connectivity index (χ0) is 7.28. The Kier molecular flexibility index (Phi) is 3.40. The number of aliphatic carboxylic acids is 1. The molecule has 0 radical (unpaired) electrons. The van der Waals surface area contributed by atoms with Crippen molar-refractivity contribution in [3.63, 3.8) is 0 Å². The van der Waals surface area contributed by atoms with Gasteiger partial charge in [-0.05, 0) is 6.42 Å². The summed E-state index contributed by atoms with van der Waals surface area (Å²) in [5.41, 5.74) is 5.05. The fourth-order valence-corrected chi connectivity index (χ4v) is 0.344. The van der Waals surface area contributed by atoms with Crippen molar-refractivity contribution < 1.29 is 9.90 Å². The lowest BCUT2D eigenvalue weighted by molar-refractivity contribution is -0.138. The molecule has 3 N–H and O–H groups in total. The topological polar surface area (TPSA) is 87.1 Å². The van der Waals surface area contributed by atoms with E-state index in [1.54, 1.807) is 0 Å². The number of carboxylic acid groups (broad SMARTS) is 1. The Bertz CT molecular complexity index is 138. The molecule has 0 aromatic heterocycles. The van der Waals surface area contributed by atoms with Crippen molar-refractivity contribution in [2.45, 2.75) is 18.9 Å². The molecule has 0 saturated carbocycles. The smallest absolute Gasteiger partial charge is 0.320 e. The average Bonchev–Trinajstić information content (AvgIpc) is 1.82. The second kappa shape index (κ2) is 3.87. The highest BCUT2D eigenvalue weighted by Crippen LogP contribution is 1.91. The number of hydrogen-bond donors (Lipinski definition) is 2. The Balaban J connectivity index is 3.41. The molecule has 0 saturated heterocycles. The molecule has 9 heavy (non-hydrogen) atoms. The Morgan fingerprint density at radius 3 is 2.78 bits per heavy atom. The van der Waals surface area contributed by atoms with E-state index in [2.05, 4.69) is 0 Å². The van der Waals surface area contributed by atoms with Crippen molar-refractivity contribution in [2.75, 3.05) is 0 Å². The summed E-state index contributed by atoms with van der Waals surface area (Å²) in [5.74, 6) is -1.05. The van der Waals surface area contributed by atoms with Crippen molar-refractivity contribution in [3.05, 3.63) is 0 Å². The van der Waals surface area contributed by atoms with Crippen molar-refractivity contribution in [2.24, 2.45) is 5.73 Å². The maximum Gasteiger partial charge on any atom is 0.320 e. The van der Waals surface area contributed by atoms with E-state index in [-0.39, 0.29) is 12.8 Å². The van der Waals surface area contributed by atoms with Gasteiger partial charge in [-0.1, -0.05) is 0 Å². The molecule has 0 heterocycles. The quantitative estimate of drug-likeness (QED) is 0.546. The van der Waals surface area contributed by atoms with E-state index >= 15 is 0 Å². The average molecular weight is 128 g/mol. The maximum absolute atomic E-state index is 9.97. The minimum Gasteiger partial charge on any atom is -0.480 e. The number of nitriles is 1. The number of nitrogens with zero attached hydrogens (tertiary/aromatic N) is 1. The third-order valence-electron chi connectivity index (χ3n) is 0.884. The van der Waals surface area contributed by atoms with Gasteiger partial charge in [0.2, 0.25) is 0 Å². The molecule has 0 aromatic carbocycles. The van der Waals surface area contributed by atoms with Crippen molar-refractivity contribution >= 4 is 5.97 Å². The first kappa shape index (κ1) is 7.92. The summed E-state index contributed by atoms with van der Waals surface area (Å²) >= 11 is 0. The summed E-state index contributed by atoms with van der Waals surface area (Å²) in [6, 6.07) is 0.926. The Morgan fingerprint density at radius 1 is 1.89 bits per heavy atom. The first-order chi connectivity index (χ1) is 4.18. The van der Waals surface area contributed by atoms with E-state index in [4.69, 9.17) is 16.1 Å². The molecule has 0 unspecified atom stereocenters. The zero-order valence-electron chi connectivity index (χ0n) is 4.87. The molecule has 0 aliphatic carbocycles. The van der Waals surface area contributed by atoms with Gasteiger partial charge < -0.3 is 10.8 Å². The van der Waals surface area contributed by atoms with Gasteiger partial charge in [0.1, 0.15) is 6.04 Å². The second-order valence-corrected chi connectivity index (χ2v) is 1.64. The third kappa shape index (κ3) is 3.50. The predicted octanol–water partition coefficient (Wildman–Crippen LogP) is -0.298. The predicted molar refractivity (Wildman–Crippen MR) is 30.5 cm³/mol. The molecule has 0 spiro atoms. The third-order valence-corrected chi connectivity index (χ3v) is 0.884. The molecule has 0 aliphatic rings. The van der Waals surface area contributed by atoms with Crippen LogP contribution in [0.5, 0.6) is 0 Å². The normalized spacial score (nSPS) is 12.0. The van der Waals surface area contributed by atoms with Gasteiger partial charge in [0.05, 0.1) is 6.07 Å². The van der Waals surface area contributed by atoms with Gasteiger partial charge in [-0.3, -0.25) is 4.79 Å². The molecular weight excluding hydrogens is 120 g/mol. The molecule has 4 heteroatoms. The van der Waals surface area contributed by atoms with Crippen LogP contribution < -0.4 is 5.73 Å². The fourth-order valence-electron chi connectivity index (χ4n) is 0.344. The van der Waals surface area contributed by atoms with E-state index in [1.165, 1.54) is 0 Å². The van der Waals surface area contributed by atoms with Gasteiger partial charge in [0.25, 0.3) is 0 Å². The van der Waals surface area contributed by atoms with Gasteiger partial charge in [-0.2, -0.15) is 5.26 Å².